The lowest BCUT2D eigenvalue weighted by atomic mass is 10.2. The number of carboxylic acid groups (broad SMARTS) is 1. The molecule has 0 spiro atoms. The molecular weight excluding hydrogens is 208 g/mol. The van der Waals surface area contributed by atoms with Crippen LogP contribution in [0.2, 0.25) is 0 Å². The fourth-order valence-electron chi connectivity index (χ4n) is 1.58. The summed E-state index contributed by atoms with van der Waals surface area (Å²) < 4.78 is 5.15. The second-order valence-electron chi connectivity index (χ2n) is 3.76. The van der Waals surface area contributed by atoms with Gasteiger partial charge in [-0.1, -0.05) is 11.2 Å². The summed E-state index contributed by atoms with van der Waals surface area (Å²) in [5.41, 5.74) is 1.75. The highest BCUT2D eigenvalue weighted by Gasteiger charge is 2.14. The van der Waals surface area contributed by atoms with Crippen molar-refractivity contribution in [2.45, 2.75) is 6.92 Å². The number of hydrogen-bond donors (Lipinski definition) is 1. The maximum Gasteiger partial charge on any atom is 0.323 e. The van der Waals surface area contributed by atoms with Crippen molar-refractivity contribution in [2.75, 3.05) is 18.5 Å². The van der Waals surface area contributed by atoms with Crippen molar-refractivity contribution < 1.29 is 14.4 Å². The van der Waals surface area contributed by atoms with E-state index in [0.717, 1.165) is 10.9 Å². The first-order valence-electron chi connectivity index (χ1n) is 4.87. The van der Waals surface area contributed by atoms with Crippen LogP contribution in [0.3, 0.4) is 0 Å². The van der Waals surface area contributed by atoms with Crippen molar-refractivity contribution in [3.63, 3.8) is 0 Å². The zero-order valence-corrected chi connectivity index (χ0v) is 9.10. The Hall–Kier alpha value is -2.04. The average Bonchev–Trinajstić information content (AvgIpc) is 2.59. The molecule has 5 nitrogen and oxygen atoms in total. The molecule has 0 unspecified atom stereocenters. The molecule has 2 aromatic rings. The molecule has 5 heteroatoms. The number of nitrogens with zero attached hydrogens (tertiary/aromatic N) is 2. The van der Waals surface area contributed by atoms with Crippen molar-refractivity contribution in [3.05, 3.63) is 23.8 Å². The van der Waals surface area contributed by atoms with Crippen LogP contribution in [-0.2, 0) is 4.79 Å². The van der Waals surface area contributed by atoms with Crippen LogP contribution in [-0.4, -0.2) is 29.8 Å². The molecule has 1 N–H and O–H groups in total. The predicted molar refractivity (Wildman–Crippen MR) is 59.7 cm³/mol. The van der Waals surface area contributed by atoms with Gasteiger partial charge in [0.1, 0.15) is 6.54 Å². The molecule has 2 rings (SSSR count). The summed E-state index contributed by atoms with van der Waals surface area (Å²) in [4.78, 5) is 12.1. The number of aliphatic carboxylic acids is 1. The number of carboxylic acids is 1. The molecule has 0 aliphatic rings. The summed E-state index contributed by atoms with van der Waals surface area (Å²) in [5, 5.41) is 13.4. The third-order valence-corrected chi connectivity index (χ3v) is 2.34. The first-order valence-corrected chi connectivity index (χ1v) is 4.87. The van der Waals surface area contributed by atoms with Crippen molar-refractivity contribution in [1.82, 2.24) is 5.16 Å². The van der Waals surface area contributed by atoms with Crippen molar-refractivity contribution in [2.24, 2.45) is 0 Å². The number of aromatic nitrogens is 1. The fraction of sp³-hybridized carbons (Fsp3) is 0.273. The summed E-state index contributed by atoms with van der Waals surface area (Å²) in [6.07, 6.45) is 0. The van der Waals surface area contributed by atoms with Crippen LogP contribution in [0.15, 0.2) is 22.7 Å². The first-order chi connectivity index (χ1) is 7.58. The summed E-state index contributed by atoms with van der Waals surface area (Å²) in [7, 11) is 1.67. The van der Waals surface area contributed by atoms with Gasteiger partial charge in [0.15, 0.2) is 11.4 Å². The van der Waals surface area contributed by atoms with Crippen LogP contribution in [0.5, 0.6) is 0 Å². The second kappa shape index (κ2) is 3.84. The summed E-state index contributed by atoms with van der Waals surface area (Å²) in [6, 6.07) is 5.70. The highest BCUT2D eigenvalue weighted by molar-refractivity contribution is 5.90. The number of hydrogen-bond acceptors (Lipinski definition) is 4. The van der Waals surface area contributed by atoms with Crippen LogP contribution in [0.1, 0.15) is 5.56 Å². The molecule has 16 heavy (non-hydrogen) atoms. The number of benzene rings is 1. The first kappa shape index (κ1) is 10.5. The number of anilines is 1. The number of likely N-dealkylation sites (N-methyl/N-ethyl adjacent to an activating group) is 1. The molecule has 0 saturated carbocycles. The largest absolute Gasteiger partial charge is 0.480 e. The third kappa shape index (κ3) is 1.84. The van der Waals surface area contributed by atoms with Gasteiger partial charge in [0, 0.05) is 7.05 Å². The Morgan fingerprint density at radius 1 is 1.56 bits per heavy atom. The molecule has 0 radical (unpaired) electrons. The molecule has 0 atom stereocenters. The van der Waals surface area contributed by atoms with E-state index in [2.05, 4.69) is 5.16 Å². The van der Waals surface area contributed by atoms with Gasteiger partial charge in [-0.3, -0.25) is 4.79 Å². The third-order valence-electron chi connectivity index (χ3n) is 2.34. The topological polar surface area (TPSA) is 66.6 Å². The lowest BCUT2D eigenvalue weighted by Crippen LogP contribution is -2.25. The normalized spacial score (nSPS) is 10.6. The minimum atomic E-state index is -0.897. The number of aryl methyl sites for hydroxylation is 1. The Bertz CT molecular complexity index is 533. The van der Waals surface area contributed by atoms with E-state index in [-0.39, 0.29) is 6.54 Å². The smallest absolute Gasteiger partial charge is 0.323 e. The molecule has 84 valence electrons. The van der Waals surface area contributed by atoms with Gasteiger partial charge in [-0.2, -0.15) is 0 Å². The van der Waals surface area contributed by atoms with E-state index < -0.39 is 5.97 Å². The molecule has 0 amide bonds. The van der Waals surface area contributed by atoms with Crippen molar-refractivity contribution in [1.29, 1.82) is 0 Å². The zero-order chi connectivity index (χ0) is 11.7. The van der Waals surface area contributed by atoms with Crippen molar-refractivity contribution in [3.8, 4) is 0 Å². The Labute approximate surface area is 92.3 Å². The van der Waals surface area contributed by atoms with E-state index >= 15 is 0 Å². The highest BCUT2D eigenvalue weighted by atomic mass is 16.5. The highest BCUT2D eigenvalue weighted by Crippen LogP contribution is 2.25. The standard InChI is InChI=1S/C11H12N2O3/c1-7-3-4-8-9(5-7)16-12-11(8)13(2)6-10(14)15/h3-5H,6H2,1-2H3,(H,14,15). The Morgan fingerprint density at radius 2 is 2.31 bits per heavy atom. The van der Waals surface area contributed by atoms with Gasteiger partial charge in [-0.05, 0) is 24.6 Å². The molecular formula is C11H12N2O3. The van der Waals surface area contributed by atoms with E-state index in [9.17, 15) is 4.79 Å². The summed E-state index contributed by atoms with van der Waals surface area (Å²) in [6.45, 7) is 1.86. The van der Waals surface area contributed by atoms with Gasteiger partial charge in [-0.25, -0.2) is 0 Å². The molecule has 0 aliphatic heterocycles. The molecule has 1 aromatic carbocycles. The second-order valence-corrected chi connectivity index (χ2v) is 3.76. The van der Waals surface area contributed by atoms with Gasteiger partial charge < -0.3 is 14.5 Å². The van der Waals surface area contributed by atoms with Crippen LogP contribution in [0.4, 0.5) is 5.82 Å². The van der Waals surface area contributed by atoms with Gasteiger partial charge in [0.25, 0.3) is 0 Å². The Morgan fingerprint density at radius 3 is 3.00 bits per heavy atom. The number of fused-ring (bicyclic) bond motifs is 1. The Balaban J connectivity index is 2.41. The molecule has 1 heterocycles. The minimum absolute atomic E-state index is 0.102. The van der Waals surface area contributed by atoms with E-state index in [0.29, 0.717) is 11.4 Å². The summed E-state index contributed by atoms with van der Waals surface area (Å²) >= 11 is 0. The van der Waals surface area contributed by atoms with Gasteiger partial charge >= 0.3 is 5.97 Å². The van der Waals surface area contributed by atoms with Crippen LogP contribution in [0.25, 0.3) is 11.0 Å². The molecule has 0 fully saturated rings. The molecule has 0 aliphatic carbocycles. The lowest BCUT2D eigenvalue weighted by molar-refractivity contribution is -0.135. The average molecular weight is 220 g/mol. The monoisotopic (exact) mass is 220 g/mol. The molecule has 0 saturated heterocycles. The maximum atomic E-state index is 10.6. The van der Waals surface area contributed by atoms with Crippen LogP contribution < -0.4 is 4.90 Å². The maximum absolute atomic E-state index is 10.6. The summed E-state index contributed by atoms with van der Waals surface area (Å²) in [5.74, 6) is -0.344. The molecule has 1 aromatic heterocycles. The Kier molecular flexibility index (Phi) is 2.52. The van der Waals surface area contributed by atoms with Gasteiger partial charge in [0.2, 0.25) is 0 Å². The van der Waals surface area contributed by atoms with Crippen LogP contribution in [0, 0.1) is 6.92 Å². The minimum Gasteiger partial charge on any atom is -0.480 e. The van der Waals surface area contributed by atoms with E-state index in [1.54, 1.807) is 11.9 Å². The van der Waals surface area contributed by atoms with E-state index in [1.165, 1.54) is 0 Å². The fourth-order valence-corrected chi connectivity index (χ4v) is 1.58. The van der Waals surface area contributed by atoms with Crippen LogP contribution >= 0.6 is 0 Å². The molecule has 0 bridgehead atoms. The number of carbonyl (C=O) groups is 1. The SMILES string of the molecule is Cc1ccc2c(N(C)CC(=O)O)noc2c1. The zero-order valence-electron chi connectivity index (χ0n) is 9.10. The van der Waals surface area contributed by atoms with E-state index in [1.807, 2.05) is 25.1 Å². The van der Waals surface area contributed by atoms with Gasteiger partial charge in [-0.15, -0.1) is 0 Å². The van der Waals surface area contributed by atoms with E-state index in [4.69, 9.17) is 9.63 Å². The quantitative estimate of drug-likeness (QED) is 0.852. The van der Waals surface area contributed by atoms with Gasteiger partial charge in [0.05, 0.1) is 5.39 Å². The lowest BCUT2D eigenvalue weighted by Gasteiger charge is -2.12. The van der Waals surface area contributed by atoms with Crippen molar-refractivity contribution >= 4 is 22.8 Å². The predicted octanol–water partition coefficient (Wildman–Crippen LogP) is 1.66. The number of rotatable bonds is 3.